The second kappa shape index (κ2) is 4.97. The summed E-state index contributed by atoms with van der Waals surface area (Å²) in [7, 11) is 0. The zero-order valence-electron chi connectivity index (χ0n) is 9.88. The Kier molecular flexibility index (Phi) is 3.58. The van der Waals surface area contributed by atoms with Crippen LogP contribution in [0.3, 0.4) is 0 Å². The number of nitrogens with zero attached hydrogens (tertiary/aromatic N) is 3. The first kappa shape index (κ1) is 12.3. The van der Waals surface area contributed by atoms with Crippen molar-refractivity contribution in [2.75, 3.05) is 24.5 Å². The molecule has 1 aromatic rings. The van der Waals surface area contributed by atoms with Gasteiger partial charge in [0.2, 0.25) is 5.13 Å². The minimum absolute atomic E-state index is 0.270. The van der Waals surface area contributed by atoms with E-state index in [-0.39, 0.29) is 5.92 Å². The van der Waals surface area contributed by atoms with Crippen molar-refractivity contribution in [3.8, 4) is 0 Å². The molecule has 94 valence electrons. The van der Waals surface area contributed by atoms with Gasteiger partial charge in [-0.05, 0) is 0 Å². The molecular weight excluding hydrogens is 240 g/mol. The lowest BCUT2D eigenvalue weighted by Gasteiger charge is -2.32. The molecule has 6 nitrogen and oxygen atoms in total. The Bertz CT molecular complexity index is 407. The molecule has 1 fully saturated rings. The van der Waals surface area contributed by atoms with Crippen molar-refractivity contribution in [3.63, 3.8) is 0 Å². The summed E-state index contributed by atoms with van der Waals surface area (Å²) in [6, 6.07) is -0.545. The molecule has 1 aliphatic heterocycles. The molecule has 1 unspecified atom stereocenters. The minimum Gasteiger partial charge on any atom is -0.480 e. The second-order valence-corrected chi connectivity index (χ2v) is 5.07. The number of piperazine rings is 1. The van der Waals surface area contributed by atoms with Gasteiger partial charge in [0, 0.05) is 37.1 Å². The number of anilines is 1. The fourth-order valence-electron chi connectivity index (χ4n) is 1.73. The molecule has 2 heterocycles. The first-order chi connectivity index (χ1) is 8.09. The second-order valence-electron chi connectivity index (χ2n) is 4.34. The zero-order chi connectivity index (χ0) is 12.4. The van der Waals surface area contributed by atoms with Crippen LogP contribution in [0.25, 0.3) is 0 Å². The molecule has 0 spiro atoms. The van der Waals surface area contributed by atoms with Gasteiger partial charge in [-0.2, -0.15) is 4.37 Å². The Morgan fingerprint density at radius 1 is 1.65 bits per heavy atom. The standard InChI is InChI=1S/C10H16N4O2S/c1-6(2)8-12-10(17-13-8)14-4-3-11-5-7(14)9(15)16/h6-7,11H,3-5H2,1-2H3,(H,15,16). The number of carboxylic acids is 1. The predicted molar refractivity (Wildman–Crippen MR) is 65.6 cm³/mol. The normalized spacial score (nSPS) is 20.9. The zero-order valence-corrected chi connectivity index (χ0v) is 10.7. The number of nitrogens with one attached hydrogen (secondary N) is 1. The van der Waals surface area contributed by atoms with E-state index in [0.717, 1.165) is 12.4 Å². The molecule has 7 heteroatoms. The summed E-state index contributed by atoms with van der Waals surface area (Å²) in [6.45, 7) is 5.94. The lowest BCUT2D eigenvalue weighted by Crippen LogP contribution is -2.55. The van der Waals surface area contributed by atoms with E-state index in [1.54, 1.807) is 0 Å². The first-order valence-corrected chi connectivity index (χ1v) is 6.40. The highest BCUT2D eigenvalue weighted by molar-refractivity contribution is 7.09. The van der Waals surface area contributed by atoms with Gasteiger partial charge in [0.05, 0.1) is 0 Å². The Balaban J connectivity index is 2.20. The Labute approximate surface area is 104 Å². The number of aromatic nitrogens is 2. The molecule has 0 saturated carbocycles. The van der Waals surface area contributed by atoms with Crippen molar-refractivity contribution in [3.05, 3.63) is 5.82 Å². The Morgan fingerprint density at radius 2 is 2.41 bits per heavy atom. The molecule has 0 aromatic carbocycles. The highest BCUT2D eigenvalue weighted by atomic mass is 32.1. The summed E-state index contributed by atoms with van der Waals surface area (Å²) in [5, 5.41) is 13.0. The van der Waals surface area contributed by atoms with Gasteiger partial charge in [-0.15, -0.1) is 0 Å². The van der Waals surface area contributed by atoms with E-state index in [2.05, 4.69) is 14.7 Å². The lowest BCUT2D eigenvalue weighted by atomic mass is 10.2. The average Bonchev–Trinajstić information content (AvgIpc) is 2.78. The van der Waals surface area contributed by atoms with Crippen molar-refractivity contribution in [1.29, 1.82) is 0 Å². The fourth-order valence-corrected chi connectivity index (χ4v) is 2.62. The van der Waals surface area contributed by atoms with Crippen LogP contribution in [0.15, 0.2) is 0 Å². The molecule has 1 aromatic heterocycles. The fraction of sp³-hybridized carbons (Fsp3) is 0.700. The van der Waals surface area contributed by atoms with Crippen molar-refractivity contribution in [2.45, 2.75) is 25.8 Å². The maximum Gasteiger partial charge on any atom is 0.327 e. The molecule has 2 N–H and O–H groups in total. The van der Waals surface area contributed by atoms with E-state index in [4.69, 9.17) is 5.11 Å². The molecule has 0 amide bonds. The maximum atomic E-state index is 11.2. The SMILES string of the molecule is CC(C)c1nsc(N2CCNCC2C(=O)O)n1. The summed E-state index contributed by atoms with van der Waals surface area (Å²) in [6.07, 6.45) is 0. The third-order valence-electron chi connectivity index (χ3n) is 2.72. The van der Waals surface area contributed by atoms with E-state index >= 15 is 0 Å². The monoisotopic (exact) mass is 256 g/mol. The summed E-state index contributed by atoms with van der Waals surface area (Å²) >= 11 is 1.28. The molecule has 17 heavy (non-hydrogen) atoms. The summed E-state index contributed by atoms with van der Waals surface area (Å²) in [5.41, 5.74) is 0. The number of carboxylic acid groups (broad SMARTS) is 1. The van der Waals surface area contributed by atoms with Crippen LogP contribution in [0, 0.1) is 0 Å². The van der Waals surface area contributed by atoms with Gasteiger partial charge in [-0.3, -0.25) is 0 Å². The third kappa shape index (κ3) is 2.55. The smallest absolute Gasteiger partial charge is 0.327 e. The Morgan fingerprint density at radius 3 is 3.00 bits per heavy atom. The highest BCUT2D eigenvalue weighted by Crippen LogP contribution is 2.23. The van der Waals surface area contributed by atoms with Gasteiger partial charge >= 0.3 is 5.97 Å². The van der Waals surface area contributed by atoms with Crippen LogP contribution in [0.1, 0.15) is 25.6 Å². The summed E-state index contributed by atoms with van der Waals surface area (Å²) in [4.78, 5) is 17.4. The predicted octanol–water partition coefficient (Wildman–Crippen LogP) is 0.524. The lowest BCUT2D eigenvalue weighted by molar-refractivity contribution is -0.138. The average molecular weight is 256 g/mol. The summed E-state index contributed by atoms with van der Waals surface area (Å²) < 4.78 is 4.26. The van der Waals surface area contributed by atoms with Gasteiger partial charge in [-0.1, -0.05) is 13.8 Å². The molecule has 1 saturated heterocycles. The van der Waals surface area contributed by atoms with Crippen LogP contribution < -0.4 is 10.2 Å². The molecule has 2 rings (SSSR count). The number of hydrogen-bond donors (Lipinski definition) is 2. The van der Waals surface area contributed by atoms with Gasteiger partial charge in [0.25, 0.3) is 0 Å². The molecular formula is C10H16N4O2S. The van der Waals surface area contributed by atoms with Crippen LogP contribution in [-0.2, 0) is 4.79 Å². The maximum absolute atomic E-state index is 11.2. The Hall–Kier alpha value is -1.21. The summed E-state index contributed by atoms with van der Waals surface area (Å²) in [5.74, 6) is 0.234. The van der Waals surface area contributed by atoms with Crippen molar-refractivity contribution in [1.82, 2.24) is 14.7 Å². The largest absolute Gasteiger partial charge is 0.480 e. The van der Waals surface area contributed by atoms with Crippen LogP contribution in [0.4, 0.5) is 5.13 Å². The van der Waals surface area contributed by atoms with Gasteiger partial charge in [-0.25, -0.2) is 9.78 Å². The van der Waals surface area contributed by atoms with Gasteiger partial charge in [0.1, 0.15) is 11.9 Å². The van der Waals surface area contributed by atoms with Crippen LogP contribution in [0.2, 0.25) is 0 Å². The number of carbonyl (C=O) groups is 1. The third-order valence-corrected chi connectivity index (χ3v) is 3.49. The van der Waals surface area contributed by atoms with Gasteiger partial charge < -0.3 is 15.3 Å². The number of hydrogen-bond acceptors (Lipinski definition) is 6. The highest BCUT2D eigenvalue weighted by Gasteiger charge is 2.30. The van der Waals surface area contributed by atoms with Crippen LogP contribution in [-0.4, -0.2) is 46.1 Å². The van der Waals surface area contributed by atoms with E-state index < -0.39 is 12.0 Å². The molecule has 1 atom stereocenters. The first-order valence-electron chi connectivity index (χ1n) is 5.63. The van der Waals surface area contributed by atoms with Crippen LogP contribution in [0.5, 0.6) is 0 Å². The number of rotatable bonds is 3. The number of aliphatic carboxylic acids is 1. The van der Waals surface area contributed by atoms with Crippen molar-refractivity contribution in [2.24, 2.45) is 0 Å². The molecule has 0 aliphatic carbocycles. The minimum atomic E-state index is -0.821. The topological polar surface area (TPSA) is 78.4 Å². The van der Waals surface area contributed by atoms with Crippen molar-refractivity contribution >= 4 is 22.6 Å². The molecule has 0 radical (unpaired) electrons. The van der Waals surface area contributed by atoms with E-state index in [1.807, 2.05) is 18.7 Å². The van der Waals surface area contributed by atoms with E-state index in [0.29, 0.717) is 18.2 Å². The van der Waals surface area contributed by atoms with Crippen molar-refractivity contribution < 1.29 is 9.90 Å². The van der Waals surface area contributed by atoms with Gasteiger partial charge in [0.15, 0.2) is 0 Å². The molecule has 0 bridgehead atoms. The van der Waals surface area contributed by atoms with E-state index in [1.165, 1.54) is 11.5 Å². The molecule has 1 aliphatic rings. The van der Waals surface area contributed by atoms with E-state index in [9.17, 15) is 4.79 Å². The quantitative estimate of drug-likeness (QED) is 0.821. The van der Waals surface area contributed by atoms with Crippen LogP contribution >= 0.6 is 11.5 Å².